The van der Waals surface area contributed by atoms with E-state index in [2.05, 4.69) is 6.92 Å². The van der Waals surface area contributed by atoms with Gasteiger partial charge in [-0.15, -0.1) is 0 Å². The van der Waals surface area contributed by atoms with Gasteiger partial charge >= 0.3 is 0 Å². The van der Waals surface area contributed by atoms with Crippen molar-refractivity contribution < 1.29 is 10.0 Å². The summed E-state index contributed by atoms with van der Waals surface area (Å²) in [6, 6.07) is 9.21. The van der Waals surface area contributed by atoms with Crippen LogP contribution >= 0.6 is 0 Å². The van der Waals surface area contributed by atoms with Crippen LogP contribution in [0.3, 0.4) is 0 Å². The molecule has 0 aromatic heterocycles. The minimum atomic E-state index is -0.598. The van der Waals surface area contributed by atoms with E-state index >= 15 is 0 Å². The first-order valence-electron chi connectivity index (χ1n) is 3.56. The minimum Gasteiger partial charge on any atom is -0.286 e. The molecule has 0 bridgehead atoms. The second-order valence-electron chi connectivity index (χ2n) is 2.44. The van der Waals surface area contributed by atoms with Crippen LogP contribution in [-0.2, 0) is 11.3 Å². The highest BCUT2D eigenvalue weighted by Gasteiger charge is 2.03. The Bertz CT molecular complexity index is 258. The molecule has 0 fully saturated rings. The Morgan fingerprint density at radius 3 is 2.50 bits per heavy atom. The molecule has 1 N–H and O–H groups in total. The van der Waals surface area contributed by atoms with E-state index in [1.807, 2.05) is 30.3 Å². The van der Waals surface area contributed by atoms with E-state index in [0.717, 1.165) is 5.56 Å². The Labute approximate surface area is 71.2 Å². The van der Waals surface area contributed by atoms with Crippen molar-refractivity contribution in [3.8, 4) is 0 Å². The zero-order valence-electron chi connectivity index (χ0n) is 6.60. The lowest BCUT2D eigenvalue weighted by Crippen LogP contribution is -2.23. The summed E-state index contributed by atoms with van der Waals surface area (Å²) < 4.78 is 0. The van der Waals surface area contributed by atoms with Gasteiger partial charge in [0.2, 0.25) is 5.91 Å². The topological polar surface area (TPSA) is 40.5 Å². The molecule has 3 heteroatoms. The minimum absolute atomic E-state index is 0.184. The van der Waals surface area contributed by atoms with E-state index in [-0.39, 0.29) is 6.54 Å². The fourth-order valence-corrected chi connectivity index (χ4v) is 0.845. The molecule has 0 spiro atoms. The highest BCUT2D eigenvalue weighted by molar-refractivity contribution is 5.78. The summed E-state index contributed by atoms with van der Waals surface area (Å²) in [5.74, 6) is -0.598. The van der Waals surface area contributed by atoms with Gasteiger partial charge in [-0.3, -0.25) is 10.0 Å². The lowest BCUT2D eigenvalue weighted by atomic mass is 10.2. The molecule has 1 rings (SSSR count). The summed E-state index contributed by atoms with van der Waals surface area (Å²) >= 11 is 0. The normalized spacial score (nSPS) is 9.50. The smallest absolute Gasteiger partial charge is 0.246 e. The third-order valence-electron chi connectivity index (χ3n) is 1.46. The molecule has 0 aliphatic heterocycles. The molecule has 1 amide bonds. The summed E-state index contributed by atoms with van der Waals surface area (Å²) in [5, 5.41) is 9.58. The Morgan fingerprint density at radius 2 is 2.00 bits per heavy atom. The quantitative estimate of drug-likeness (QED) is 0.527. The number of benzene rings is 1. The predicted octanol–water partition coefficient (Wildman–Crippen LogP) is 1.24. The van der Waals surface area contributed by atoms with E-state index in [1.165, 1.54) is 0 Å². The van der Waals surface area contributed by atoms with Gasteiger partial charge in [-0.2, -0.15) is 0 Å². The fourth-order valence-electron chi connectivity index (χ4n) is 0.845. The Balaban J connectivity index is 2.58. The summed E-state index contributed by atoms with van der Waals surface area (Å²) in [4.78, 5) is 10.5. The maximum absolute atomic E-state index is 10.5. The van der Waals surface area contributed by atoms with Gasteiger partial charge in [0, 0.05) is 6.92 Å². The summed E-state index contributed by atoms with van der Waals surface area (Å²) in [7, 11) is 0. The third-order valence-corrected chi connectivity index (χ3v) is 1.46. The maximum Gasteiger partial charge on any atom is 0.246 e. The zero-order chi connectivity index (χ0) is 8.97. The summed E-state index contributed by atoms with van der Waals surface area (Å²) in [6.45, 7) is 3.26. The predicted molar refractivity (Wildman–Crippen MR) is 44.1 cm³/mol. The zero-order valence-corrected chi connectivity index (χ0v) is 6.60. The monoisotopic (exact) mass is 164 g/mol. The molecule has 1 aromatic carbocycles. The van der Waals surface area contributed by atoms with Gasteiger partial charge in [-0.1, -0.05) is 30.3 Å². The summed E-state index contributed by atoms with van der Waals surface area (Å²) in [5.41, 5.74) is 0.872. The van der Waals surface area contributed by atoms with Crippen LogP contribution < -0.4 is 0 Å². The van der Waals surface area contributed by atoms with E-state index < -0.39 is 5.91 Å². The molecule has 0 atom stereocenters. The number of hydrogen-bond acceptors (Lipinski definition) is 2. The van der Waals surface area contributed by atoms with Crippen LogP contribution in [0.25, 0.3) is 0 Å². The van der Waals surface area contributed by atoms with Crippen molar-refractivity contribution in [2.24, 2.45) is 0 Å². The van der Waals surface area contributed by atoms with Crippen molar-refractivity contribution in [3.05, 3.63) is 42.8 Å². The second-order valence-corrected chi connectivity index (χ2v) is 2.44. The Kier molecular flexibility index (Phi) is 2.82. The molecular formula is C9H10NO2. The number of carbonyl (C=O) groups is 1. The van der Waals surface area contributed by atoms with Crippen LogP contribution in [0.5, 0.6) is 0 Å². The fraction of sp³-hybridized carbons (Fsp3) is 0.111. The number of hydrogen-bond donors (Lipinski definition) is 1. The van der Waals surface area contributed by atoms with Gasteiger partial charge in [0.05, 0.1) is 6.54 Å². The first-order chi connectivity index (χ1) is 5.70. The van der Waals surface area contributed by atoms with Crippen molar-refractivity contribution >= 4 is 5.91 Å². The van der Waals surface area contributed by atoms with Crippen LogP contribution in [0.2, 0.25) is 0 Å². The second kappa shape index (κ2) is 3.88. The van der Waals surface area contributed by atoms with E-state index in [9.17, 15) is 4.79 Å². The van der Waals surface area contributed by atoms with Gasteiger partial charge in [0.15, 0.2) is 0 Å². The number of hydroxylamine groups is 2. The largest absolute Gasteiger partial charge is 0.286 e. The maximum atomic E-state index is 10.5. The van der Waals surface area contributed by atoms with E-state index in [1.54, 1.807) is 0 Å². The van der Waals surface area contributed by atoms with Crippen LogP contribution in [0.1, 0.15) is 5.56 Å². The lowest BCUT2D eigenvalue weighted by Gasteiger charge is -2.11. The third kappa shape index (κ3) is 2.36. The number of nitrogens with zero attached hydrogens (tertiary/aromatic N) is 1. The first kappa shape index (κ1) is 8.74. The average molecular weight is 164 g/mol. The lowest BCUT2D eigenvalue weighted by molar-refractivity contribution is -0.162. The van der Waals surface area contributed by atoms with E-state index in [4.69, 9.17) is 5.21 Å². The molecule has 3 nitrogen and oxygen atoms in total. The highest BCUT2D eigenvalue weighted by Crippen LogP contribution is 2.01. The highest BCUT2D eigenvalue weighted by atomic mass is 16.5. The van der Waals surface area contributed by atoms with Crippen molar-refractivity contribution in [2.45, 2.75) is 6.54 Å². The Morgan fingerprint density at radius 1 is 1.42 bits per heavy atom. The van der Waals surface area contributed by atoms with Crippen molar-refractivity contribution in [2.75, 3.05) is 0 Å². The molecule has 1 aromatic rings. The summed E-state index contributed by atoms with van der Waals surface area (Å²) in [6.07, 6.45) is 0. The van der Waals surface area contributed by atoms with Crippen molar-refractivity contribution in [1.29, 1.82) is 0 Å². The molecule has 0 saturated carbocycles. The van der Waals surface area contributed by atoms with Crippen LogP contribution in [0, 0.1) is 6.92 Å². The van der Waals surface area contributed by atoms with Gasteiger partial charge in [-0.25, -0.2) is 5.06 Å². The van der Waals surface area contributed by atoms with Gasteiger partial charge in [-0.05, 0) is 5.56 Å². The van der Waals surface area contributed by atoms with E-state index in [0.29, 0.717) is 5.06 Å². The molecule has 63 valence electrons. The molecule has 0 unspecified atom stereocenters. The number of amides is 1. The molecule has 0 heterocycles. The number of rotatable bonds is 2. The molecule has 0 aliphatic rings. The van der Waals surface area contributed by atoms with Crippen LogP contribution in [0.4, 0.5) is 0 Å². The van der Waals surface area contributed by atoms with Crippen LogP contribution in [0.15, 0.2) is 30.3 Å². The molecule has 12 heavy (non-hydrogen) atoms. The van der Waals surface area contributed by atoms with Gasteiger partial charge in [0.1, 0.15) is 0 Å². The molecule has 1 radical (unpaired) electrons. The van der Waals surface area contributed by atoms with Gasteiger partial charge in [0.25, 0.3) is 0 Å². The van der Waals surface area contributed by atoms with Gasteiger partial charge < -0.3 is 0 Å². The molecule has 0 aliphatic carbocycles. The standard InChI is InChI=1S/C9H10NO2/c1-8(11)10(12)7-9-5-3-2-4-6-9/h2-6,12H,1,7H2. The average Bonchev–Trinajstić information content (AvgIpc) is 2.06. The first-order valence-corrected chi connectivity index (χ1v) is 3.56. The Hall–Kier alpha value is -1.35. The molecule has 0 saturated heterocycles. The van der Waals surface area contributed by atoms with Crippen molar-refractivity contribution in [3.63, 3.8) is 0 Å². The molecular weight excluding hydrogens is 154 g/mol. The van der Waals surface area contributed by atoms with Crippen LogP contribution in [-0.4, -0.2) is 16.2 Å². The van der Waals surface area contributed by atoms with Crippen molar-refractivity contribution in [1.82, 2.24) is 5.06 Å². The number of carbonyl (C=O) groups excluding carboxylic acids is 1. The SMILES string of the molecule is [CH2]C(=O)N(O)Cc1ccccc1.